The van der Waals surface area contributed by atoms with Crippen molar-refractivity contribution in [2.24, 2.45) is 12.9 Å². The average Bonchev–Trinajstić information content (AvgIpc) is 2.71. The fourth-order valence-electron chi connectivity index (χ4n) is 2.28. The van der Waals surface area contributed by atoms with Crippen LogP contribution in [0.1, 0.15) is 36.7 Å². The molecule has 3 N–H and O–H groups in total. The number of rotatable bonds is 5. The van der Waals surface area contributed by atoms with E-state index in [9.17, 15) is 0 Å². The quantitative estimate of drug-likeness (QED) is 0.647. The molecule has 0 aliphatic carbocycles. The van der Waals surface area contributed by atoms with Gasteiger partial charge < -0.3 is 4.74 Å². The van der Waals surface area contributed by atoms with Crippen molar-refractivity contribution in [1.29, 1.82) is 0 Å². The van der Waals surface area contributed by atoms with Crippen LogP contribution in [0.25, 0.3) is 0 Å². The Bertz CT molecular complexity index is 560. The molecule has 1 heterocycles. The molecule has 2 rings (SSSR count). The number of ether oxygens (including phenoxy) is 1. The van der Waals surface area contributed by atoms with Crippen molar-refractivity contribution >= 4 is 0 Å². The maximum absolute atomic E-state index is 5.72. The highest BCUT2D eigenvalue weighted by molar-refractivity contribution is 5.36. The van der Waals surface area contributed by atoms with E-state index < -0.39 is 0 Å². The van der Waals surface area contributed by atoms with E-state index in [1.807, 2.05) is 58.3 Å². The normalized spacial score (nSPS) is 12.7. The van der Waals surface area contributed by atoms with Crippen molar-refractivity contribution in [1.82, 2.24) is 15.2 Å². The van der Waals surface area contributed by atoms with Crippen molar-refractivity contribution in [2.45, 2.75) is 32.9 Å². The second-order valence-corrected chi connectivity index (χ2v) is 5.18. The summed E-state index contributed by atoms with van der Waals surface area (Å²) in [4.78, 5) is 0. The van der Waals surface area contributed by atoms with Crippen molar-refractivity contribution in [2.75, 3.05) is 0 Å². The first-order chi connectivity index (χ1) is 9.51. The van der Waals surface area contributed by atoms with Gasteiger partial charge in [-0.1, -0.05) is 12.1 Å². The molecule has 0 aliphatic rings. The zero-order chi connectivity index (χ0) is 14.7. The Morgan fingerprint density at radius 3 is 2.35 bits per heavy atom. The standard InChI is InChI=1S/C15H22N4O/c1-10(2)20-13-7-5-12(6-8-13)15(17-16)14-9-19(4)18-11(14)3/h5-10,15,17H,16H2,1-4H3. The number of aryl methyl sites for hydroxylation is 2. The van der Waals surface area contributed by atoms with Gasteiger partial charge in [0.1, 0.15) is 5.75 Å². The number of nitrogens with zero attached hydrogens (tertiary/aromatic N) is 2. The van der Waals surface area contributed by atoms with Crippen LogP contribution in [-0.4, -0.2) is 15.9 Å². The fourth-order valence-corrected chi connectivity index (χ4v) is 2.28. The molecule has 0 spiro atoms. The SMILES string of the molecule is Cc1nn(C)cc1C(NN)c1ccc(OC(C)C)cc1. The minimum atomic E-state index is -0.0724. The second-order valence-electron chi connectivity index (χ2n) is 5.18. The number of benzene rings is 1. The van der Waals surface area contributed by atoms with Gasteiger partial charge in [0.25, 0.3) is 0 Å². The zero-order valence-corrected chi connectivity index (χ0v) is 12.4. The van der Waals surface area contributed by atoms with Gasteiger partial charge >= 0.3 is 0 Å². The highest BCUT2D eigenvalue weighted by Gasteiger charge is 2.17. The van der Waals surface area contributed by atoms with Crippen molar-refractivity contribution in [3.8, 4) is 5.75 Å². The molecule has 0 bridgehead atoms. The molecule has 1 atom stereocenters. The third kappa shape index (κ3) is 3.18. The Labute approximate surface area is 119 Å². The van der Waals surface area contributed by atoms with Crippen molar-refractivity contribution in [3.63, 3.8) is 0 Å². The maximum Gasteiger partial charge on any atom is 0.119 e. The lowest BCUT2D eigenvalue weighted by Gasteiger charge is -2.17. The van der Waals surface area contributed by atoms with E-state index in [0.29, 0.717) is 0 Å². The molecule has 0 saturated carbocycles. The highest BCUT2D eigenvalue weighted by Crippen LogP contribution is 2.25. The molecule has 108 valence electrons. The summed E-state index contributed by atoms with van der Waals surface area (Å²) in [6.07, 6.45) is 2.16. The number of nitrogens with two attached hydrogens (primary N) is 1. The predicted octanol–water partition coefficient (Wildman–Crippen LogP) is 2.07. The van der Waals surface area contributed by atoms with Crippen LogP contribution >= 0.6 is 0 Å². The monoisotopic (exact) mass is 274 g/mol. The van der Waals surface area contributed by atoms with Crippen LogP contribution in [0.2, 0.25) is 0 Å². The molecular formula is C15H22N4O. The summed E-state index contributed by atoms with van der Waals surface area (Å²) in [5.74, 6) is 6.58. The number of aromatic nitrogens is 2. The molecule has 20 heavy (non-hydrogen) atoms. The first-order valence-corrected chi connectivity index (χ1v) is 6.74. The topological polar surface area (TPSA) is 65.1 Å². The summed E-state index contributed by atoms with van der Waals surface area (Å²) < 4.78 is 7.44. The van der Waals surface area contributed by atoms with E-state index in [1.54, 1.807) is 4.68 Å². The van der Waals surface area contributed by atoms with Gasteiger partial charge in [-0.05, 0) is 38.5 Å². The second kappa shape index (κ2) is 6.07. The first kappa shape index (κ1) is 14.6. The molecule has 5 heteroatoms. The van der Waals surface area contributed by atoms with Crippen LogP contribution in [0.15, 0.2) is 30.5 Å². The van der Waals surface area contributed by atoms with Crippen molar-refractivity contribution < 1.29 is 4.74 Å². The zero-order valence-electron chi connectivity index (χ0n) is 12.4. The lowest BCUT2D eigenvalue weighted by atomic mass is 10.00. The number of hydrogen-bond donors (Lipinski definition) is 2. The largest absolute Gasteiger partial charge is 0.491 e. The first-order valence-electron chi connectivity index (χ1n) is 6.74. The van der Waals surface area contributed by atoms with E-state index in [0.717, 1.165) is 22.6 Å². The average molecular weight is 274 g/mol. The smallest absolute Gasteiger partial charge is 0.119 e. The highest BCUT2D eigenvalue weighted by atomic mass is 16.5. The van der Waals surface area contributed by atoms with Gasteiger partial charge in [0, 0.05) is 18.8 Å². The summed E-state index contributed by atoms with van der Waals surface area (Å²) in [7, 11) is 1.91. The summed E-state index contributed by atoms with van der Waals surface area (Å²) in [6, 6.07) is 7.90. The number of nitrogens with one attached hydrogen (secondary N) is 1. The van der Waals surface area contributed by atoms with Crippen LogP contribution in [0.5, 0.6) is 5.75 Å². The maximum atomic E-state index is 5.72. The van der Waals surface area contributed by atoms with Gasteiger partial charge in [-0.25, -0.2) is 5.43 Å². The molecule has 0 amide bonds. The van der Waals surface area contributed by atoms with Gasteiger partial charge in [0.05, 0.1) is 17.8 Å². The van der Waals surface area contributed by atoms with Crippen LogP contribution in [0.4, 0.5) is 0 Å². The Kier molecular flexibility index (Phi) is 4.42. The summed E-state index contributed by atoms with van der Waals surface area (Å²) in [5, 5.41) is 4.36. The van der Waals surface area contributed by atoms with E-state index >= 15 is 0 Å². The molecule has 0 radical (unpaired) electrons. The minimum Gasteiger partial charge on any atom is -0.491 e. The number of hydrazine groups is 1. The van der Waals surface area contributed by atoms with E-state index in [1.165, 1.54) is 0 Å². The van der Waals surface area contributed by atoms with Crippen molar-refractivity contribution in [3.05, 3.63) is 47.3 Å². The Morgan fingerprint density at radius 2 is 1.90 bits per heavy atom. The number of hydrogen-bond acceptors (Lipinski definition) is 4. The van der Waals surface area contributed by atoms with Crippen LogP contribution in [0.3, 0.4) is 0 Å². The third-order valence-corrected chi connectivity index (χ3v) is 3.11. The van der Waals surface area contributed by atoms with Gasteiger partial charge in [-0.15, -0.1) is 0 Å². The van der Waals surface area contributed by atoms with Crippen LogP contribution < -0.4 is 16.0 Å². The van der Waals surface area contributed by atoms with Gasteiger partial charge in [-0.3, -0.25) is 10.5 Å². The predicted molar refractivity (Wildman–Crippen MR) is 79.3 cm³/mol. The van der Waals surface area contributed by atoms with Gasteiger partial charge in [0.15, 0.2) is 0 Å². The lowest BCUT2D eigenvalue weighted by Crippen LogP contribution is -2.29. The minimum absolute atomic E-state index is 0.0724. The summed E-state index contributed by atoms with van der Waals surface area (Å²) in [6.45, 7) is 6.00. The lowest BCUT2D eigenvalue weighted by molar-refractivity contribution is 0.242. The molecule has 0 fully saturated rings. The fraction of sp³-hybridized carbons (Fsp3) is 0.400. The summed E-state index contributed by atoms with van der Waals surface area (Å²) >= 11 is 0. The Balaban J connectivity index is 2.26. The van der Waals surface area contributed by atoms with Crippen LogP contribution in [0, 0.1) is 6.92 Å². The molecule has 2 aromatic rings. The Morgan fingerprint density at radius 1 is 1.25 bits per heavy atom. The molecule has 1 aromatic heterocycles. The molecular weight excluding hydrogens is 252 g/mol. The van der Waals surface area contributed by atoms with Gasteiger partial charge in [0.2, 0.25) is 0 Å². The molecule has 1 unspecified atom stereocenters. The molecule has 5 nitrogen and oxygen atoms in total. The molecule has 0 saturated heterocycles. The molecule has 1 aromatic carbocycles. The third-order valence-electron chi connectivity index (χ3n) is 3.11. The van der Waals surface area contributed by atoms with Crippen LogP contribution in [-0.2, 0) is 7.05 Å². The molecule has 0 aliphatic heterocycles. The van der Waals surface area contributed by atoms with E-state index in [-0.39, 0.29) is 12.1 Å². The summed E-state index contributed by atoms with van der Waals surface area (Å²) in [5.41, 5.74) is 5.98. The Hall–Kier alpha value is -1.85. The van der Waals surface area contributed by atoms with E-state index in [4.69, 9.17) is 10.6 Å². The van der Waals surface area contributed by atoms with E-state index in [2.05, 4.69) is 10.5 Å². The van der Waals surface area contributed by atoms with Gasteiger partial charge in [-0.2, -0.15) is 5.10 Å².